The first-order valence-electron chi connectivity index (χ1n) is 9.70. The van der Waals surface area contributed by atoms with E-state index in [1.807, 2.05) is 36.4 Å². The normalized spacial score (nSPS) is 14.5. The molecule has 7 heteroatoms. The lowest BCUT2D eigenvalue weighted by Crippen LogP contribution is -2.36. The number of alkyl carbamates (subject to hydrolysis) is 1. The summed E-state index contributed by atoms with van der Waals surface area (Å²) in [6.45, 7) is -0.0137. The van der Waals surface area contributed by atoms with Crippen molar-refractivity contribution in [3.05, 3.63) is 83.7 Å². The van der Waals surface area contributed by atoms with Crippen LogP contribution >= 0.6 is 0 Å². The van der Waals surface area contributed by atoms with Crippen LogP contribution in [0.15, 0.2) is 67.0 Å². The third-order valence-electron chi connectivity index (χ3n) is 5.37. The van der Waals surface area contributed by atoms with E-state index in [1.54, 1.807) is 0 Å². The number of benzene rings is 2. The third kappa shape index (κ3) is 3.85. The lowest BCUT2D eigenvalue weighted by atomic mass is 9.98. The number of rotatable bonds is 6. The summed E-state index contributed by atoms with van der Waals surface area (Å²) in [5, 5.41) is 22.9. The van der Waals surface area contributed by atoms with Gasteiger partial charge in [-0.2, -0.15) is 0 Å². The highest BCUT2D eigenvalue weighted by atomic mass is 16.5. The molecule has 7 nitrogen and oxygen atoms in total. The number of anilines is 1. The van der Waals surface area contributed by atoms with E-state index in [4.69, 9.17) is 10.5 Å². The second kappa shape index (κ2) is 8.52. The highest BCUT2D eigenvalue weighted by Crippen LogP contribution is 2.44. The number of hydrogen-bond donors (Lipinski definition) is 4. The molecule has 0 spiro atoms. The fourth-order valence-electron chi connectivity index (χ4n) is 3.82. The number of nitrogen functional groups attached to an aromatic ring is 1. The predicted octanol–water partition coefficient (Wildman–Crippen LogP) is 2.60. The molecule has 1 aliphatic rings. The van der Waals surface area contributed by atoms with Crippen LogP contribution in [-0.4, -0.2) is 40.5 Å². The molecule has 0 fully saturated rings. The van der Waals surface area contributed by atoms with E-state index in [1.165, 1.54) is 18.5 Å². The molecule has 1 aliphatic carbocycles. The molecule has 1 heterocycles. The van der Waals surface area contributed by atoms with E-state index in [0.29, 0.717) is 11.3 Å². The van der Waals surface area contributed by atoms with Crippen LogP contribution in [0, 0.1) is 0 Å². The Kier molecular flexibility index (Phi) is 5.65. The Hall–Kier alpha value is -3.42. The molecule has 3 aromatic rings. The van der Waals surface area contributed by atoms with E-state index >= 15 is 0 Å². The van der Waals surface area contributed by atoms with Gasteiger partial charge >= 0.3 is 6.09 Å². The molecule has 30 heavy (non-hydrogen) atoms. The van der Waals surface area contributed by atoms with Crippen molar-refractivity contribution in [2.75, 3.05) is 18.9 Å². The summed E-state index contributed by atoms with van der Waals surface area (Å²) in [6.07, 6.45) is -0.310. The molecule has 0 aliphatic heterocycles. The average molecular weight is 405 g/mol. The Morgan fingerprint density at radius 2 is 1.70 bits per heavy atom. The number of fused-ring (bicyclic) bond motifs is 3. The minimum atomic E-state index is -1.27. The Balaban J connectivity index is 1.35. The SMILES string of the molecule is Nc1ccncc1C(O)C(O)CNC(=O)OCC1c2ccccc2-c2ccccc21. The first-order chi connectivity index (χ1) is 14.6. The number of ether oxygens (including phenoxy) is 1. The number of aromatic nitrogens is 1. The molecule has 0 saturated carbocycles. The Labute approximate surface area is 174 Å². The number of pyridine rings is 1. The molecule has 0 bridgehead atoms. The van der Waals surface area contributed by atoms with Crippen LogP contribution in [0.1, 0.15) is 28.7 Å². The number of amides is 1. The molecule has 0 radical (unpaired) electrons. The zero-order chi connectivity index (χ0) is 21.1. The molecule has 0 saturated heterocycles. The van der Waals surface area contributed by atoms with Gasteiger partial charge in [0.2, 0.25) is 0 Å². The number of aliphatic hydroxyl groups is 2. The average Bonchev–Trinajstić information content (AvgIpc) is 3.09. The van der Waals surface area contributed by atoms with Gasteiger partial charge in [0.25, 0.3) is 0 Å². The van der Waals surface area contributed by atoms with Crippen LogP contribution in [0.25, 0.3) is 11.1 Å². The van der Waals surface area contributed by atoms with Gasteiger partial charge in [-0.15, -0.1) is 0 Å². The van der Waals surface area contributed by atoms with Crippen molar-refractivity contribution in [1.82, 2.24) is 10.3 Å². The molecule has 5 N–H and O–H groups in total. The number of aliphatic hydroxyl groups excluding tert-OH is 2. The second-order valence-corrected chi connectivity index (χ2v) is 7.22. The van der Waals surface area contributed by atoms with Crippen molar-refractivity contribution < 1.29 is 19.7 Å². The van der Waals surface area contributed by atoms with Gasteiger partial charge in [-0.25, -0.2) is 4.79 Å². The van der Waals surface area contributed by atoms with Crippen LogP contribution in [0.5, 0.6) is 0 Å². The number of nitrogens with two attached hydrogens (primary N) is 1. The number of hydrogen-bond acceptors (Lipinski definition) is 6. The summed E-state index contributed by atoms with van der Waals surface area (Å²) in [5.41, 5.74) is 10.9. The number of nitrogens with one attached hydrogen (secondary N) is 1. The molecule has 2 unspecified atom stereocenters. The summed E-state index contributed by atoms with van der Waals surface area (Å²) in [7, 11) is 0. The summed E-state index contributed by atoms with van der Waals surface area (Å²) >= 11 is 0. The fourth-order valence-corrected chi connectivity index (χ4v) is 3.82. The van der Waals surface area contributed by atoms with Gasteiger partial charge in [-0.1, -0.05) is 48.5 Å². The summed E-state index contributed by atoms with van der Waals surface area (Å²) in [5.74, 6) is -0.0474. The van der Waals surface area contributed by atoms with Crippen LogP contribution < -0.4 is 11.1 Å². The Morgan fingerprint density at radius 3 is 2.33 bits per heavy atom. The number of carbonyl (C=O) groups excluding carboxylic acids is 1. The molecule has 4 rings (SSSR count). The molecule has 2 aromatic carbocycles. The van der Waals surface area contributed by atoms with Crippen molar-refractivity contribution >= 4 is 11.8 Å². The summed E-state index contributed by atoms with van der Waals surface area (Å²) in [4.78, 5) is 16.1. The molecular weight excluding hydrogens is 382 g/mol. The second-order valence-electron chi connectivity index (χ2n) is 7.22. The van der Waals surface area contributed by atoms with Crippen molar-refractivity contribution in [3.63, 3.8) is 0 Å². The van der Waals surface area contributed by atoms with Gasteiger partial charge in [0.05, 0.1) is 0 Å². The summed E-state index contributed by atoms with van der Waals surface area (Å²) < 4.78 is 5.42. The molecule has 1 amide bonds. The zero-order valence-electron chi connectivity index (χ0n) is 16.2. The summed E-state index contributed by atoms with van der Waals surface area (Å²) in [6, 6.07) is 17.7. The van der Waals surface area contributed by atoms with E-state index in [0.717, 1.165) is 22.3 Å². The van der Waals surface area contributed by atoms with Gasteiger partial charge in [-0.3, -0.25) is 4.98 Å². The Bertz CT molecular complexity index is 1010. The highest BCUT2D eigenvalue weighted by Gasteiger charge is 2.29. The first kappa shape index (κ1) is 19.9. The van der Waals surface area contributed by atoms with Gasteiger partial charge in [0.15, 0.2) is 0 Å². The van der Waals surface area contributed by atoms with Crippen molar-refractivity contribution in [2.24, 2.45) is 0 Å². The lowest BCUT2D eigenvalue weighted by Gasteiger charge is -2.20. The number of nitrogens with zero attached hydrogens (tertiary/aromatic N) is 1. The third-order valence-corrected chi connectivity index (χ3v) is 5.37. The maximum Gasteiger partial charge on any atom is 0.407 e. The highest BCUT2D eigenvalue weighted by molar-refractivity contribution is 5.79. The van der Waals surface area contributed by atoms with Crippen LogP contribution in [0.4, 0.5) is 10.5 Å². The van der Waals surface area contributed by atoms with Crippen molar-refractivity contribution in [2.45, 2.75) is 18.1 Å². The predicted molar refractivity (Wildman–Crippen MR) is 113 cm³/mol. The number of carbonyl (C=O) groups is 1. The fraction of sp³-hybridized carbons (Fsp3) is 0.217. The van der Waals surface area contributed by atoms with Gasteiger partial charge in [0, 0.05) is 36.1 Å². The maximum atomic E-state index is 12.2. The van der Waals surface area contributed by atoms with Crippen LogP contribution in [-0.2, 0) is 4.74 Å². The topological polar surface area (TPSA) is 118 Å². The molecular formula is C23H23N3O4. The first-order valence-corrected chi connectivity index (χ1v) is 9.70. The van der Waals surface area contributed by atoms with Crippen LogP contribution in [0.2, 0.25) is 0 Å². The van der Waals surface area contributed by atoms with E-state index in [-0.39, 0.29) is 19.1 Å². The molecule has 1 aromatic heterocycles. The largest absolute Gasteiger partial charge is 0.449 e. The quantitative estimate of drug-likeness (QED) is 0.501. The van der Waals surface area contributed by atoms with Gasteiger partial charge in [0.1, 0.15) is 18.8 Å². The minimum Gasteiger partial charge on any atom is -0.449 e. The van der Waals surface area contributed by atoms with E-state index in [9.17, 15) is 15.0 Å². The maximum absolute atomic E-state index is 12.2. The standard InChI is InChI=1S/C23H23N3O4/c24-20-9-10-25-11-18(20)22(28)21(27)12-26-23(29)30-13-19-16-7-3-1-5-14(16)15-6-2-4-8-17(15)19/h1-11,19,21-22,27-28H,12-13H2,(H2,24,25)(H,26,29). The Morgan fingerprint density at radius 1 is 1.07 bits per heavy atom. The monoisotopic (exact) mass is 405 g/mol. The van der Waals surface area contributed by atoms with Crippen molar-refractivity contribution in [3.8, 4) is 11.1 Å². The van der Waals surface area contributed by atoms with E-state index < -0.39 is 18.3 Å². The van der Waals surface area contributed by atoms with Crippen LogP contribution in [0.3, 0.4) is 0 Å². The lowest BCUT2D eigenvalue weighted by molar-refractivity contribution is 0.0188. The minimum absolute atomic E-state index is 0.0474. The molecule has 2 atom stereocenters. The van der Waals surface area contributed by atoms with E-state index in [2.05, 4.69) is 22.4 Å². The van der Waals surface area contributed by atoms with Crippen molar-refractivity contribution in [1.29, 1.82) is 0 Å². The van der Waals surface area contributed by atoms with Gasteiger partial charge < -0.3 is 26.0 Å². The smallest absolute Gasteiger partial charge is 0.407 e. The van der Waals surface area contributed by atoms with Gasteiger partial charge in [-0.05, 0) is 28.3 Å². The zero-order valence-corrected chi connectivity index (χ0v) is 16.2. The molecule has 154 valence electrons.